The number of carbonyl (C=O) groups is 1. The van der Waals surface area contributed by atoms with E-state index < -0.39 is 0 Å². The molecule has 100 valence electrons. The molecule has 0 aliphatic carbocycles. The lowest BCUT2D eigenvalue weighted by Crippen LogP contribution is -2.49. The van der Waals surface area contributed by atoms with Gasteiger partial charge in [0.15, 0.2) is 0 Å². The third kappa shape index (κ3) is 3.44. The standard InChI is InChI=1S/C13H16N4O2/c14-7-10-1-3-11(4-2-10)16-13(18)17-5-6-19-12(8-15)9-17/h1-4,12H,5-6,8-9,15H2,(H,16,18). The molecule has 19 heavy (non-hydrogen) atoms. The monoisotopic (exact) mass is 260 g/mol. The molecule has 2 amide bonds. The van der Waals surface area contributed by atoms with Crippen molar-refractivity contribution >= 4 is 11.7 Å². The molecule has 6 heteroatoms. The molecule has 3 N–H and O–H groups in total. The fourth-order valence-electron chi connectivity index (χ4n) is 1.88. The zero-order valence-corrected chi connectivity index (χ0v) is 10.5. The number of nitrogens with one attached hydrogen (secondary N) is 1. The maximum atomic E-state index is 12.0. The average molecular weight is 260 g/mol. The zero-order valence-electron chi connectivity index (χ0n) is 10.5. The van der Waals surface area contributed by atoms with Gasteiger partial charge in [-0.15, -0.1) is 0 Å². The van der Waals surface area contributed by atoms with Crippen LogP contribution >= 0.6 is 0 Å². The molecule has 6 nitrogen and oxygen atoms in total. The maximum absolute atomic E-state index is 12.0. The molecule has 0 aromatic heterocycles. The number of hydrogen-bond acceptors (Lipinski definition) is 4. The van der Waals surface area contributed by atoms with Crippen LogP contribution in [0.2, 0.25) is 0 Å². The summed E-state index contributed by atoms with van der Waals surface area (Å²) in [7, 11) is 0. The number of hydrogen-bond donors (Lipinski definition) is 2. The first-order valence-electron chi connectivity index (χ1n) is 6.10. The number of morpholine rings is 1. The Labute approximate surface area is 111 Å². The number of nitrogens with zero attached hydrogens (tertiary/aromatic N) is 2. The Hall–Kier alpha value is -2.10. The van der Waals surface area contributed by atoms with E-state index in [1.165, 1.54) is 0 Å². The predicted molar refractivity (Wildman–Crippen MR) is 70.5 cm³/mol. The van der Waals surface area contributed by atoms with E-state index in [2.05, 4.69) is 5.32 Å². The second-order valence-corrected chi connectivity index (χ2v) is 4.29. The molecular weight excluding hydrogens is 244 g/mol. The summed E-state index contributed by atoms with van der Waals surface area (Å²) in [6.07, 6.45) is -0.0968. The second kappa shape index (κ2) is 6.18. The van der Waals surface area contributed by atoms with Crippen molar-refractivity contribution in [3.05, 3.63) is 29.8 Å². The highest BCUT2D eigenvalue weighted by Crippen LogP contribution is 2.11. The molecule has 1 aliphatic rings. The summed E-state index contributed by atoms with van der Waals surface area (Å²) in [4.78, 5) is 13.7. The molecular formula is C13H16N4O2. The Morgan fingerprint density at radius 3 is 2.89 bits per heavy atom. The first-order chi connectivity index (χ1) is 9.22. The summed E-state index contributed by atoms with van der Waals surface area (Å²) < 4.78 is 5.41. The van der Waals surface area contributed by atoms with Crippen molar-refractivity contribution in [2.75, 3.05) is 31.6 Å². The Balaban J connectivity index is 1.94. The molecule has 1 heterocycles. The van der Waals surface area contributed by atoms with Crippen LogP contribution in [0.15, 0.2) is 24.3 Å². The van der Waals surface area contributed by atoms with Crippen LogP contribution in [0.1, 0.15) is 5.56 Å². The smallest absolute Gasteiger partial charge is 0.322 e. The highest BCUT2D eigenvalue weighted by Gasteiger charge is 2.23. The van der Waals surface area contributed by atoms with Crippen LogP contribution in [0, 0.1) is 11.3 Å². The van der Waals surface area contributed by atoms with Crippen LogP contribution in [-0.4, -0.2) is 43.3 Å². The first kappa shape index (κ1) is 13.3. The molecule has 1 aromatic rings. The molecule has 1 aromatic carbocycles. The molecule has 1 unspecified atom stereocenters. The largest absolute Gasteiger partial charge is 0.373 e. The van der Waals surface area contributed by atoms with E-state index >= 15 is 0 Å². The molecule has 0 saturated carbocycles. The third-order valence-electron chi connectivity index (χ3n) is 2.95. The van der Waals surface area contributed by atoms with Gasteiger partial charge in [0.1, 0.15) is 0 Å². The van der Waals surface area contributed by atoms with Gasteiger partial charge in [0, 0.05) is 25.3 Å². The lowest BCUT2D eigenvalue weighted by Gasteiger charge is -2.32. The van der Waals surface area contributed by atoms with Crippen molar-refractivity contribution in [1.82, 2.24) is 4.90 Å². The number of anilines is 1. The fourth-order valence-corrected chi connectivity index (χ4v) is 1.88. The highest BCUT2D eigenvalue weighted by atomic mass is 16.5. The van der Waals surface area contributed by atoms with Crippen LogP contribution in [0.3, 0.4) is 0 Å². The summed E-state index contributed by atoms with van der Waals surface area (Å²) in [5.74, 6) is 0. The zero-order chi connectivity index (χ0) is 13.7. The molecule has 2 rings (SSSR count). The van der Waals surface area contributed by atoms with Crippen molar-refractivity contribution < 1.29 is 9.53 Å². The van der Waals surface area contributed by atoms with E-state index in [-0.39, 0.29) is 12.1 Å². The Kier molecular flexibility index (Phi) is 4.34. The van der Waals surface area contributed by atoms with Gasteiger partial charge in [0.25, 0.3) is 0 Å². The Bertz CT molecular complexity index is 480. The van der Waals surface area contributed by atoms with Gasteiger partial charge in [-0.1, -0.05) is 0 Å². The van der Waals surface area contributed by atoms with Crippen LogP contribution in [-0.2, 0) is 4.74 Å². The molecule has 0 bridgehead atoms. The maximum Gasteiger partial charge on any atom is 0.322 e. The van der Waals surface area contributed by atoms with Crippen LogP contribution in [0.5, 0.6) is 0 Å². The van der Waals surface area contributed by atoms with Crippen LogP contribution < -0.4 is 11.1 Å². The van der Waals surface area contributed by atoms with Gasteiger partial charge >= 0.3 is 6.03 Å². The molecule has 1 fully saturated rings. The van der Waals surface area contributed by atoms with Gasteiger partial charge in [-0.05, 0) is 24.3 Å². The number of nitrogens with two attached hydrogens (primary N) is 1. The van der Waals surface area contributed by atoms with Gasteiger partial charge < -0.3 is 20.7 Å². The third-order valence-corrected chi connectivity index (χ3v) is 2.95. The Morgan fingerprint density at radius 2 is 2.26 bits per heavy atom. The van der Waals surface area contributed by atoms with Crippen LogP contribution in [0.25, 0.3) is 0 Å². The molecule has 0 spiro atoms. The lowest BCUT2D eigenvalue weighted by molar-refractivity contribution is -0.00660. The number of rotatable bonds is 2. The summed E-state index contributed by atoms with van der Waals surface area (Å²) in [6.45, 7) is 1.96. The number of amides is 2. The second-order valence-electron chi connectivity index (χ2n) is 4.29. The van der Waals surface area contributed by atoms with E-state index in [0.717, 1.165) is 0 Å². The van der Waals surface area contributed by atoms with Gasteiger partial charge in [-0.3, -0.25) is 0 Å². The van der Waals surface area contributed by atoms with Crippen LogP contribution in [0.4, 0.5) is 10.5 Å². The van der Waals surface area contributed by atoms with E-state index in [1.807, 2.05) is 6.07 Å². The summed E-state index contributed by atoms with van der Waals surface area (Å²) in [5.41, 5.74) is 6.77. The van der Waals surface area contributed by atoms with Crippen molar-refractivity contribution in [3.8, 4) is 6.07 Å². The van der Waals surface area contributed by atoms with Crippen molar-refractivity contribution in [2.45, 2.75) is 6.10 Å². The van der Waals surface area contributed by atoms with E-state index in [9.17, 15) is 4.79 Å². The minimum Gasteiger partial charge on any atom is -0.373 e. The molecule has 1 aliphatic heterocycles. The number of carbonyl (C=O) groups excluding carboxylic acids is 1. The number of nitriles is 1. The summed E-state index contributed by atoms with van der Waals surface area (Å²) >= 11 is 0. The van der Waals surface area contributed by atoms with Crippen molar-refractivity contribution in [1.29, 1.82) is 5.26 Å². The van der Waals surface area contributed by atoms with Gasteiger partial charge in [-0.2, -0.15) is 5.26 Å². The highest BCUT2D eigenvalue weighted by molar-refractivity contribution is 5.89. The molecule has 1 atom stereocenters. The number of benzene rings is 1. The van der Waals surface area contributed by atoms with Gasteiger partial charge in [-0.25, -0.2) is 4.79 Å². The summed E-state index contributed by atoms with van der Waals surface area (Å²) in [6, 6.07) is 8.60. The van der Waals surface area contributed by atoms with E-state index in [4.69, 9.17) is 15.7 Å². The predicted octanol–water partition coefficient (Wildman–Crippen LogP) is 0.750. The van der Waals surface area contributed by atoms with Gasteiger partial charge in [0.2, 0.25) is 0 Å². The average Bonchev–Trinajstić information content (AvgIpc) is 2.48. The normalized spacial score (nSPS) is 18.7. The fraction of sp³-hybridized carbons (Fsp3) is 0.385. The number of urea groups is 1. The number of ether oxygens (including phenoxy) is 1. The minimum atomic E-state index is -0.175. The quantitative estimate of drug-likeness (QED) is 0.820. The Morgan fingerprint density at radius 1 is 1.53 bits per heavy atom. The van der Waals surface area contributed by atoms with Gasteiger partial charge in [0.05, 0.1) is 24.3 Å². The van der Waals surface area contributed by atoms with Crippen molar-refractivity contribution in [3.63, 3.8) is 0 Å². The minimum absolute atomic E-state index is 0.0968. The van der Waals surface area contributed by atoms with E-state index in [1.54, 1.807) is 29.2 Å². The SMILES string of the molecule is N#Cc1ccc(NC(=O)N2CCOC(CN)C2)cc1. The van der Waals surface area contributed by atoms with Crippen molar-refractivity contribution in [2.24, 2.45) is 5.73 Å². The first-order valence-corrected chi connectivity index (χ1v) is 6.10. The molecule has 1 saturated heterocycles. The topological polar surface area (TPSA) is 91.4 Å². The van der Waals surface area contributed by atoms with E-state index in [0.29, 0.717) is 37.5 Å². The summed E-state index contributed by atoms with van der Waals surface area (Å²) in [5, 5.41) is 11.5. The lowest BCUT2D eigenvalue weighted by atomic mass is 10.2. The molecule has 0 radical (unpaired) electrons.